The number of nitrogens with zero attached hydrogens (tertiary/aromatic N) is 2. The molecular weight excluding hydrogens is 222 g/mol. The van der Waals surface area contributed by atoms with Crippen molar-refractivity contribution in [1.29, 1.82) is 0 Å². The van der Waals surface area contributed by atoms with Gasteiger partial charge in [0.25, 0.3) is 5.56 Å². The maximum atomic E-state index is 11.8. The van der Waals surface area contributed by atoms with Gasteiger partial charge >= 0.3 is 0 Å². The number of hydrogen-bond acceptors (Lipinski definition) is 4. The van der Waals surface area contributed by atoms with Crippen molar-refractivity contribution in [3.63, 3.8) is 0 Å². The fourth-order valence-corrected chi connectivity index (χ4v) is 3.45. The van der Waals surface area contributed by atoms with Crippen LogP contribution in [-0.2, 0) is 12.8 Å². The van der Waals surface area contributed by atoms with E-state index >= 15 is 0 Å². The molecule has 1 aliphatic carbocycles. The Kier molecular flexibility index (Phi) is 2.04. The summed E-state index contributed by atoms with van der Waals surface area (Å²) in [5.74, 6) is 5.68. The second-order valence-corrected chi connectivity index (χ2v) is 5.33. The molecule has 0 saturated carbocycles. The van der Waals surface area contributed by atoms with Gasteiger partial charge in [0, 0.05) is 4.88 Å². The van der Waals surface area contributed by atoms with Crippen molar-refractivity contribution in [2.24, 2.45) is 0 Å². The lowest BCUT2D eigenvalue weighted by Crippen LogP contribution is -2.24. The summed E-state index contributed by atoms with van der Waals surface area (Å²) in [6.07, 6.45) is 4.49. The summed E-state index contributed by atoms with van der Waals surface area (Å²) in [6, 6.07) is 0. The molecule has 0 atom stereocenters. The maximum Gasteiger partial charge on any atom is 0.296 e. The van der Waals surface area contributed by atoms with Crippen molar-refractivity contribution in [1.82, 2.24) is 9.66 Å². The molecule has 0 aromatic rings. The van der Waals surface area contributed by atoms with Crippen LogP contribution in [0.15, 0.2) is 4.79 Å². The zero-order chi connectivity index (χ0) is 11.3. The van der Waals surface area contributed by atoms with Gasteiger partial charge in [-0.15, -0.1) is 11.3 Å². The van der Waals surface area contributed by atoms with Crippen LogP contribution in [0.4, 0.5) is 0 Å². The molecule has 0 saturated heterocycles. The topological polar surface area (TPSA) is 60.9 Å². The van der Waals surface area contributed by atoms with Gasteiger partial charge in [-0.1, -0.05) is 0 Å². The minimum absolute atomic E-state index is 0.169. The molecule has 0 amide bonds. The molecule has 5 heteroatoms. The smallest absolute Gasteiger partial charge is 0.296 e. The quantitative estimate of drug-likeness (QED) is 0.700. The normalized spacial score (nSPS) is 15.3. The molecule has 2 aliphatic heterocycles. The van der Waals surface area contributed by atoms with Crippen molar-refractivity contribution < 1.29 is 0 Å². The largest absolute Gasteiger partial charge is 0.336 e. The number of rotatable bonds is 0. The molecule has 0 spiro atoms. The van der Waals surface area contributed by atoms with Crippen LogP contribution in [0.3, 0.4) is 0 Å². The molecule has 0 radical (unpaired) electrons. The standard InChI is InChI=1S/C11H13N3OS/c1-6-10-9(11(15)14(6)12)13-7-4-2-3-5-8(7)16-10/h2-5,12H2,1H3. The van der Waals surface area contributed by atoms with Gasteiger partial charge in [-0.2, -0.15) is 0 Å². The van der Waals surface area contributed by atoms with Crippen LogP contribution >= 0.6 is 11.3 Å². The van der Waals surface area contributed by atoms with E-state index in [1.807, 2.05) is 6.92 Å². The van der Waals surface area contributed by atoms with E-state index in [1.165, 1.54) is 22.4 Å². The van der Waals surface area contributed by atoms with Crippen LogP contribution in [-0.4, -0.2) is 9.66 Å². The van der Waals surface area contributed by atoms with Crippen molar-refractivity contribution in [2.45, 2.75) is 32.6 Å². The number of fused-ring (bicyclic) bond motifs is 2. The van der Waals surface area contributed by atoms with Crippen molar-refractivity contribution in [3.8, 4) is 10.6 Å². The van der Waals surface area contributed by atoms with E-state index in [0.29, 0.717) is 5.69 Å². The lowest BCUT2D eigenvalue weighted by atomic mass is 10.0. The van der Waals surface area contributed by atoms with E-state index in [2.05, 4.69) is 4.98 Å². The summed E-state index contributed by atoms with van der Waals surface area (Å²) >= 11 is 1.69. The number of nitrogen functional groups attached to an aromatic ring is 1. The van der Waals surface area contributed by atoms with Crippen LogP contribution in [0.25, 0.3) is 10.6 Å². The average Bonchev–Trinajstić information content (AvgIpc) is 2.52. The van der Waals surface area contributed by atoms with E-state index in [9.17, 15) is 4.79 Å². The summed E-state index contributed by atoms with van der Waals surface area (Å²) in [7, 11) is 0. The van der Waals surface area contributed by atoms with Gasteiger partial charge in [-0.05, 0) is 32.6 Å². The third-order valence-electron chi connectivity index (χ3n) is 3.19. The highest BCUT2D eigenvalue weighted by atomic mass is 32.1. The van der Waals surface area contributed by atoms with Crippen LogP contribution < -0.4 is 11.4 Å². The average molecular weight is 235 g/mol. The summed E-state index contributed by atoms with van der Waals surface area (Å²) in [6.45, 7) is 1.87. The molecule has 3 aliphatic rings. The van der Waals surface area contributed by atoms with Crippen LogP contribution in [0.2, 0.25) is 0 Å². The Bertz CT molecular complexity index is 584. The molecule has 2 N–H and O–H groups in total. The highest BCUT2D eigenvalue weighted by molar-refractivity contribution is 7.15. The van der Waals surface area contributed by atoms with E-state index in [1.54, 1.807) is 11.3 Å². The van der Waals surface area contributed by atoms with Gasteiger partial charge in [0.1, 0.15) is 5.69 Å². The lowest BCUT2D eigenvalue weighted by Gasteiger charge is -2.14. The zero-order valence-electron chi connectivity index (χ0n) is 9.12. The third kappa shape index (κ3) is 1.21. The minimum atomic E-state index is -0.169. The predicted octanol–water partition coefficient (Wildman–Crippen LogP) is 1.31. The predicted molar refractivity (Wildman–Crippen MR) is 64.5 cm³/mol. The highest BCUT2D eigenvalue weighted by Crippen LogP contribution is 2.33. The Balaban J connectivity index is 2.36. The van der Waals surface area contributed by atoms with E-state index in [4.69, 9.17) is 5.84 Å². The summed E-state index contributed by atoms with van der Waals surface area (Å²) < 4.78 is 1.21. The van der Waals surface area contributed by atoms with E-state index in [0.717, 1.165) is 29.1 Å². The SMILES string of the molecule is Cc1c2sc3c(nc-2c(=O)n1N)CCCC3. The van der Waals surface area contributed by atoms with Gasteiger partial charge in [-0.25, -0.2) is 9.66 Å². The van der Waals surface area contributed by atoms with Gasteiger partial charge < -0.3 is 5.84 Å². The Labute approximate surface area is 97.0 Å². The first-order chi connectivity index (χ1) is 7.68. The first-order valence-corrected chi connectivity index (χ1v) is 6.29. The van der Waals surface area contributed by atoms with Gasteiger partial charge in [0.15, 0.2) is 0 Å². The molecule has 0 fully saturated rings. The van der Waals surface area contributed by atoms with Gasteiger partial charge in [-0.3, -0.25) is 4.79 Å². The summed E-state index contributed by atoms with van der Waals surface area (Å²) in [5.41, 5.74) is 2.31. The Morgan fingerprint density at radius 2 is 2.12 bits per heavy atom. The number of nitrogens with two attached hydrogens (primary N) is 1. The number of aromatic nitrogens is 2. The Morgan fingerprint density at radius 3 is 2.94 bits per heavy atom. The zero-order valence-corrected chi connectivity index (χ0v) is 9.93. The fourth-order valence-electron chi connectivity index (χ4n) is 2.21. The Hall–Kier alpha value is -1.36. The molecule has 4 nitrogen and oxygen atoms in total. The van der Waals surface area contributed by atoms with Crippen molar-refractivity contribution in [3.05, 3.63) is 26.6 Å². The van der Waals surface area contributed by atoms with Gasteiger partial charge in [0.2, 0.25) is 0 Å². The second-order valence-electron chi connectivity index (χ2n) is 4.23. The maximum absolute atomic E-state index is 11.8. The van der Waals surface area contributed by atoms with Crippen LogP contribution in [0.5, 0.6) is 0 Å². The molecule has 2 heterocycles. The number of aryl methyl sites for hydroxylation is 2. The third-order valence-corrected chi connectivity index (χ3v) is 4.57. The summed E-state index contributed by atoms with van der Waals surface area (Å²) in [4.78, 5) is 18.6. The van der Waals surface area contributed by atoms with E-state index in [-0.39, 0.29) is 5.56 Å². The first kappa shape index (κ1) is 9.84. The lowest BCUT2D eigenvalue weighted by molar-refractivity contribution is 0.678. The summed E-state index contributed by atoms with van der Waals surface area (Å²) in [5, 5.41) is 0. The molecule has 0 aromatic heterocycles. The fraction of sp³-hybridized carbons (Fsp3) is 0.455. The molecule has 16 heavy (non-hydrogen) atoms. The van der Waals surface area contributed by atoms with Crippen LogP contribution in [0.1, 0.15) is 29.1 Å². The highest BCUT2D eigenvalue weighted by Gasteiger charge is 2.23. The first-order valence-electron chi connectivity index (χ1n) is 5.47. The molecule has 0 unspecified atom stereocenters. The number of hydrogen-bond donors (Lipinski definition) is 1. The van der Waals surface area contributed by atoms with Crippen molar-refractivity contribution in [2.75, 3.05) is 5.84 Å². The minimum Gasteiger partial charge on any atom is -0.336 e. The van der Waals surface area contributed by atoms with E-state index < -0.39 is 0 Å². The molecule has 84 valence electrons. The second kappa shape index (κ2) is 3.31. The molecule has 0 aromatic carbocycles. The molecule has 3 rings (SSSR count). The Morgan fingerprint density at radius 1 is 1.38 bits per heavy atom. The molecule has 0 bridgehead atoms. The monoisotopic (exact) mass is 235 g/mol. The van der Waals surface area contributed by atoms with Gasteiger partial charge in [0.05, 0.1) is 16.3 Å². The molecular formula is C11H13N3OS. The van der Waals surface area contributed by atoms with Crippen LogP contribution in [0, 0.1) is 6.92 Å². The van der Waals surface area contributed by atoms with Crippen molar-refractivity contribution >= 4 is 11.3 Å².